The summed E-state index contributed by atoms with van der Waals surface area (Å²) in [7, 11) is 1.59. The van der Waals surface area contributed by atoms with E-state index in [4.69, 9.17) is 0 Å². The molecule has 19 heavy (non-hydrogen) atoms. The lowest BCUT2D eigenvalue weighted by Gasteiger charge is -2.26. The zero-order chi connectivity index (χ0) is 13.7. The Balaban J connectivity index is 1.70. The predicted molar refractivity (Wildman–Crippen MR) is 71.6 cm³/mol. The molecule has 1 aliphatic rings. The molecule has 0 unspecified atom stereocenters. The van der Waals surface area contributed by atoms with Crippen molar-refractivity contribution in [3.05, 3.63) is 5.82 Å². The monoisotopic (exact) mass is 290 g/mol. The van der Waals surface area contributed by atoms with Crippen LogP contribution in [0.2, 0.25) is 0 Å². The molecule has 0 amide bonds. The van der Waals surface area contributed by atoms with Crippen molar-refractivity contribution >= 4 is 11.8 Å². The molecule has 2 heterocycles. The summed E-state index contributed by atoms with van der Waals surface area (Å²) in [5.74, 6) is 0.643. The first kappa shape index (κ1) is 14.7. The van der Waals surface area contributed by atoms with Gasteiger partial charge in [0.2, 0.25) is 5.82 Å². The molecule has 1 saturated heterocycles. The Morgan fingerprint density at radius 2 is 1.95 bits per heavy atom. The first-order valence-corrected chi connectivity index (χ1v) is 7.69. The van der Waals surface area contributed by atoms with Crippen LogP contribution in [-0.4, -0.2) is 45.1 Å². The molecule has 2 rings (SSSR count). The lowest BCUT2D eigenvalue weighted by molar-refractivity contribution is 0.135. The second kappa shape index (κ2) is 7.19. The highest BCUT2D eigenvalue weighted by molar-refractivity contribution is 7.99. The minimum Gasteiger partial charge on any atom is -0.304 e. The molecule has 1 aromatic heterocycles. The van der Waals surface area contributed by atoms with Gasteiger partial charge in [-0.2, -0.15) is 0 Å². The summed E-state index contributed by atoms with van der Waals surface area (Å²) in [4.78, 5) is 2.48. The third-order valence-corrected chi connectivity index (χ3v) is 4.47. The van der Waals surface area contributed by atoms with Crippen LogP contribution in [0.3, 0.4) is 0 Å². The van der Waals surface area contributed by atoms with Gasteiger partial charge in [-0.3, -0.25) is 0 Å². The summed E-state index contributed by atoms with van der Waals surface area (Å²) in [6.07, 6.45) is 2.45. The van der Waals surface area contributed by atoms with Crippen molar-refractivity contribution in [3.8, 4) is 0 Å². The zero-order valence-electron chi connectivity index (χ0n) is 11.2. The molecule has 1 fully saturated rings. The van der Waals surface area contributed by atoms with Crippen LogP contribution in [0.15, 0.2) is 5.16 Å². The number of aromatic nitrogens is 3. The maximum Gasteiger partial charge on any atom is 0.297 e. The van der Waals surface area contributed by atoms with E-state index in [1.54, 1.807) is 7.05 Å². The maximum atomic E-state index is 12.5. The number of halogens is 2. The molecular weight excluding hydrogens is 270 g/mol. The van der Waals surface area contributed by atoms with Crippen molar-refractivity contribution in [3.63, 3.8) is 0 Å². The normalized spacial score (nSPS) is 17.3. The van der Waals surface area contributed by atoms with E-state index >= 15 is 0 Å². The van der Waals surface area contributed by atoms with Crippen molar-refractivity contribution < 1.29 is 8.78 Å². The average Bonchev–Trinajstić information content (AvgIpc) is 2.77. The highest BCUT2D eigenvalue weighted by atomic mass is 32.2. The maximum absolute atomic E-state index is 12.5. The summed E-state index contributed by atoms with van der Waals surface area (Å²) in [5.41, 5.74) is 0. The lowest BCUT2D eigenvalue weighted by Crippen LogP contribution is -2.30. The second-order valence-electron chi connectivity index (χ2n) is 4.80. The third-order valence-electron chi connectivity index (χ3n) is 3.36. The van der Waals surface area contributed by atoms with Gasteiger partial charge in [-0.25, -0.2) is 8.78 Å². The van der Waals surface area contributed by atoms with Crippen molar-refractivity contribution in [2.24, 2.45) is 7.05 Å². The standard InChI is InChI=1S/C12H20F2N4S/c1-17-11(10(13)14)15-16-12(17)19-9-5-8-18-6-3-2-4-7-18/h10H,2-9H2,1H3. The van der Waals surface area contributed by atoms with E-state index in [2.05, 4.69) is 15.1 Å². The average molecular weight is 290 g/mol. The smallest absolute Gasteiger partial charge is 0.297 e. The van der Waals surface area contributed by atoms with Crippen LogP contribution in [0, 0.1) is 0 Å². The summed E-state index contributed by atoms with van der Waals surface area (Å²) < 4.78 is 26.5. The summed E-state index contributed by atoms with van der Waals surface area (Å²) in [6.45, 7) is 3.49. The molecular formula is C12H20F2N4S. The number of alkyl halides is 2. The van der Waals surface area contributed by atoms with Crippen LogP contribution in [0.1, 0.15) is 37.9 Å². The highest BCUT2D eigenvalue weighted by Crippen LogP contribution is 2.22. The van der Waals surface area contributed by atoms with Gasteiger partial charge >= 0.3 is 0 Å². The van der Waals surface area contributed by atoms with Crippen LogP contribution < -0.4 is 0 Å². The van der Waals surface area contributed by atoms with Crippen LogP contribution in [0.25, 0.3) is 0 Å². The van der Waals surface area contributed by atoms with E-state index < -0.39 is 6.43 Å². The number of nitrogens with zero attached hydrogens (tertiary/aromatic N) is 4. The van der Waals surface area contributed by atoms with Gasteiger partial charge in [0.1, 0.15) is 0 Å². The number of hydrogen-bond acceptors (Lipinski definition) is 4. The van der Waals surface area contributed by atoms with E-state index in [0.717, 1.165) is 18.7 Å². The Bertz CT molecular complexity index is 391. The van der Waals surface area contributed by atoms with Crippen LogP contribution in [-0.2, 0) is 7.05 Å². The molecule has 0 bridgehead atoms. The molecule has 1 aromatic rings. The van der Waals surface area contributed by atoms with Crippen molar-refractivity contribution in [1.82, 2.24) is 19.7 Å². The topological polar surface area (TPSA) is 34.0 Å². The van der Waals surface area contributed by atoms with E-state index in [1.165, 1.54) is 48.7 Å². The molecule has 0 spiro atoms. The van der Waals surface area contributed by atoms with Crippen molar-refractivity contribution in [1.29, 1.82) is 0 Å². The summed E-state index contributed by atoms with van der Waals surface area (Å²) in [6, 6.07) is 0. The van der Waals surface area contributed by atoms with Gasteiger partial charge in [0, 0.05) is 12.8 Å². The fraction of sp³-hybridized carbons (Fsp3) is 0.833. The molecule has 0 aliphatic carbocycles. The number of rotatable bonds is 6. The van der Waals surface area contributed by atoms with E-state index in [1.807, 2.05) is 0 Å². The fourth-order valence-electron chi connectivity index (χ4n) is 2.28. The molecule has 1 aliphatic heterocycles. The minimum atomic E-state index is -2.56. The van der Waals surface area contributed by atoms with Gasteiger partial charge in [-0.1, -0.05) is 18.2 Å². The Kier molecular flexibility index (Phi) is 5.57. The molecule has 4 nitrogen and oxygen atoms in total. The quantitative estimate of drug-likeness (QED) is 0.596. The van der Waals surface area contributed by atoms with Gasteiger partial charge in [-0.05, 0) is 38.9 Å². The first-order chi connectivity index (χ1) is 9.18. The number of piperidine rings is 1. The Morgan fingerprint density at radius 3 is 2.58 bits per heavy atom. The fourth-order valence-corrected chi connectivity index (χ4v) is 3.12. The Labute approximate surface area is 116 Å². The third kappa shape index (κ3) is 4.14. The van der Waals surface area contributed by atoms with Gasteiger partial charge in [0.15, 0.2) is 5.16 Å². The van der Waals surface area contributed by atoms with Gasteiger partial charge in [-0.15, -0.1) is 10.2 Å². The zero-order valence-corrected chi connectivity index (χ0v) is 12.0. The molecule has 7 heteroatoms. The molecule has 0 radical (unpaired) electrons. The summed E-state index contributed by atoms with van der Waals surface area (Å²) >= 11 is 1.50. The molecule has 0 saturated carbocycles. The SMILES string of the molecule is Cn1c(SCCCN2CCCCC2)nnc1C(F)F. The van der Waals surface area contributed by atoms with Gasteiger partial charge < -0.3 is 9.47 Å². The van der Waals surface area contributed by atoms with E-state index in [-0.39, 0.29) is 5.82 Å². The lowest BCUT2D eigenvalue weighted by atomic mass is 10.1. The van der Waals surface area contributed by atoms with Crippen molar-refractivity contribution in [2.75, 3.05) is 25.4 Å². The van der Waals surface area contributed by atoms with Gasteiger partial charge in [0.05, 0.1) is 0 Å². The second-order valence-corrected chi connectivity index (χ2v) is 5.87. The van der Waals surface area contributed by atoms with E-state index in [9.17, 15) is 8.78 Å². The molecule has 0 atom stereocenters. The Hall–Kier alpha value is -0.690. The molecule has 0 N–H and O–H groups in total. The number of hydrogen-bond donors (Lipinski definition) is 0. The summed E-state index contributed by atoms with van der Waals surface area (Å²) in [5, 5.41) is 7.90. The van der Waals surface area contributed by atoms with Crippen LogP contribution in [0.5, 0.6) is 0 Å². The van der Waals surface area contributed by atoms with Crippen LogP contribution in [0.4, 0.5) is 8.78 Å². The Morgan fingerprint density at radius 1 is 1.21 bits per heavy atom. The van der Waals surface area contributed by atoms with E-state index in [0.29, 0.717) is 5.16 Å². The van der Waals surface area contributed by atoms with Gasteiger partial charge in [0.25, 0.3) is 6.43 Å². The van der Waals surface area contributed by atoms with Crippen LogP contribution >= 0.6 is 11.8 Å². The number of thioether (sulfide) groups is 1. The number of likely N-dealkylation sites (tertiary alicyclic amines) is 1. The minimum absolute atomic E-state index is 0.251. The highest BCUT2D eigenvalue weighted by Gasteiger charge is 2.17. The molecule has 0 aromatic carbocycles. The van der Waals surface area contributed by atoms with Crippen molar-refractivity contribution in [2.45, 2.75) is 37.3 Å². The first-order valence-electron chi connectivity index (χ1n) is 6.71. The predicted octanol–water partition coefficient (Wildman–Crippen LogP) is 2.72. The molecule has 108 valence electrons. The largest absolute Gasteiger partial charge is 0.304 e.